The Kier molecular flexibility index (Phi) is 5.72. The number of hydrogen-bond acceptors (Lipinski definition) is 3. The van der Waals surface area contributed by atoms with E-state index < -0.39 is 0 Å². The van der Waals surface area contributed by atoms with E-state index in [4.69, 9.17) is 0 Å². The molecule has 0 spiro atoms. The monoisotopic (exact) mass is 357 g/mol. The number of carbonyl (C=O) groups excluding carboxylic acids is 1. The highest BCUT2D eigenvalue weighted by Gasteiger charge is 2.22. The van der Waals surface area contributed by atoms with Crippen LogP contribution < -0.4 is 5.32 Å². The third-order valence-electron chi connectivity index (χ3n) is 3.92. The van der Waals surface area contributed by atoms with Gasteiger partial charge in [0, 0.05) is 42.3 Å². The topological polar surface area (TPSA) is 35.6 Å². The lowest BCUT2D eigenvalue weighted by atomic mass is 10.1. The van der Waals surface area contributed by atoms with Crippen molar-refractivity contribution >= 4 is 21.8 Å². The Morgan fingerprint density at radius 2 is 2.14 bits per heavy atom. The van der Waals surface area contributed by atoms with Crippen molar-refractivity contribution in [2.45, 2.75) is 13.0 Å². The van der Waals surface area contributed by atoms with E-state index in [1.807, 2.05) is 23.8 Å². The van der Waals surface area contributed by atoms with Crippen molar-refractivity contribution < 1.29 is 9.18 Å². The van der Waals surface area contributed by atoms with Gasteiger partial charge in [0.05, 0.1) is 6.54 Å². The van der Waals surface area contributed by atoms with Crippen molar-refractivity contribution in [2.24, 2.45) is 0 Å². The molecule has 0 bridgehead atoms. The van der Waals surface area contributed by atoms with Gasteiger partial charge in [0.1, 0.15) is 5.82 Å². The second-order valence-electron chi connectivity index (χ2n) is 5.39. The van der Waals surface area contributed by atoms with Crippen LogP contribution in [0.5, 0.6) is 0 Å². The molecule has 2 rings (SSSR count). The van der Waals surface area contributed by atoms with Crippen LogP contribution in [0, 0.1) is 5.82 Å². The average molecular weight is 358 g/mol. The van der Waals surface area contributed by atoms with Gasteiger partial charge in [0.15, 0.2) is 0 Å². The molecule has 1 aromatic carbocycles. The van der Waals surface area contributed by atoms with Gasteiger partial charge >= 0.3 is 0 Å². The van der Waals surface area contributed by atoms with Crippen LogP contribution in [-0.4, -0.2) is 55.5 Å². The molecule has 0 aromatic heterocycles. The number of likely N-dealkylation sites (N-methyl/N-ethyl adjacent to an activating group) is 1. The molecule has 21 heavy (non-hydrogen) atoms. The summed E-state index contributed by atoms with van der Waals surface area (Å²) in [5.41, 5.74) is 0.597. The number of hydrogen-bond donors (Lipinski definition) is 1. The third kappa shape index (κ3) is 4.25. The number of benzene rings is 1. The molecule has 1 saturated heterocycles. The number of rotatable bonds is 4. The fraction of sp³-hybridized carbons (Fsp3) is 0.533. The number of piperazine rings is 1. The van der Waals surface area contributed by atoms with Crippen LogP contribution in [0.25, 0.3) is 0 Å². The standard InChI is InChI=1S/C15H21BrFN3O/c1-11(13-9-12(16)3-4-14(13)17)19(2)10-15(21)20-7-5-18-6-8-20/h3-4,9,11,18H,5-8,10H2,1-2H3. The first-order chi connectivity index (χ1) is 9.99. The van der Waals surface area contributed by atoms with Crippen LogP contribution in [0.1, 0.15) is 18.5 Å². The van der Waals surface area contributed by atoms with Crippen molar-refractivity contribution in [2.75, 3.05) is 39.8 Å². The van der Waals surface area contributed by atoms with E-state index in [-0.39, 0.29) is 17.8 Å². The maximum Gasteiger partial charge on any atom is 0.236 e. The summed E-state index contributed by atoms with van der Waals surface area (Å²) in [7, 11) is 1.85. The summed E-state index contributed by atoms with van der Waals surface area (Å²) in [6.07, 6.45) is 0. The van der Waals surface area contributed by atoms with Crippen LogP contribution in [0.2, 0.25) is 0 Å². The smallest absolute Gasteiger partial charge is 0.236 e. The summed E-state index contributed by atoms with van der Waals surface area (Å²) in [6.45, 7) is 5.37. The van der Waals surface area contributed by atoms with Gasteiger partial charge in [-0.05, 0) is 32.2 Å². The summed E-state index contributed by atoms with van der Waals surface area (Å²) in [6, 6.07) is 4.74. The van der Waals surface area contributed by atoms with Crippen LogP contribution in [0.15, 0.2) is 22.7 Å². The van der Waals surface area contributed by atoms with E-state index >= 15 is 0 Å². The summed E-state index contributed by atoms with van der Waals surface area (Å²) in [5, 5.41) is 3.22. The second kappa shape index (κ2) is 7.33. The molecule has 116 valence electrons. The minimum atomic E-state index is -0.243. The molecule has 1 aliphatic rings. The lowest BCUT2D eigenvalue weighted by molar-refractivity contribution is -0.133. The molecule has 1 heterocycles. The van der Waals surface area contributed by atoms with Crippen LogP contribution in [0.3, 0.4) is 0 Å². The summed E-state index contributed by atoms with van der Waals surface area (Å²) in [5.74, 6) is -0.145. The molecule has 6 heteroatoms. The predicted octanol–water partition coefficient (Wildman–Crippen LogP) is 2.01. The molecule has 1 amide bonds. The summed E-state index contributed by atoms with van der Waals surface area (Å²) < 4.78 is 14.8. The largest absolute Gasteiger partial charge is 0.339 e. The lowest BCUT2D eigenvalue weighted by Crippen LogP contribution is -2.49. The molecule has 1 N–H and O–H groups in total. The Balaban J connectivity index is 2.00. The van der Waals surface area contributed by atoms with Crippen molar-refractivity contribution in [1.82, 2.24) is 15.1 Å². The first-order valence-electron chi connectivity index (χ1n) is 7.12. The number of carbonyl (C=O) groups is 1. The molecule has 1 unspecified atom stereocenters. The van der Waals surface area contributed by atoms with E-state index in [2.05, 4.69) is 21.2 Å². The summed E-state index contributed by atoms with van der Waals surface area (Å²) in [4.78, 5) is 16.0. The van der Waals surface area contributed by atoms with E-state index in [0.29, 0.717) is 12.1 Å². The lowest BCUT2D eigenvalue weighted by Gasteiger charge is -2.31. The zero-order chi connectivity index (χ0) is 15.4. The highest BCUT2D eigenvalue weighted by Crippen LogP contribution is 2.25. The molecule has 0 aliphatic carbocycles. The van der Waals surface area contributed by atoms with Crippen molar-refractivity contribution in [3.63, 3.8) is 0 Å². The molecular weight excluding hydrogens is 337 g/mol. The number of halogens is 2. The number of nitrogens with one attached hydrogen (secondary N) is 1. The Morgan fingerprint density at radius 1 is 1.48 bits per heavy atom. The van der Waals surface area contributed by atoms with Gasteiger partial charge in [0.2, 0.25) is 5.91 Å². The maximum atomic E-state index is 13.9. The van der Waals surface area contributed by atoms with Crippen molar-refractivity contribution in [3.8, 4) is 0 Å². The van der Waals surface area contributed by atoms with Gasteiger partial charge in [0.25, 0.3) is 0 Å². The number of nitrogens with zero attached hydrogens (tertiary/aromatic N) is 2. The van der Waals surface area contributed by atoms with Gasteiger partial charge < -0.3 is 10.2 Å². The minimum absolute atomic E-state index is 0.0984. The van der Waals surface area contributed by atoms with Crippen molar-refractivity contribution in [3.05, 3.63) is 34.1 Å². The Bertz CT molecular complexity index is 506. The Hall–Kier alpha value is -0.980. The predicted molar refractivity (Wildman–Crippen MR) is 84.6 cm³/mol. The second-order valence-corrected chi connectivity index (χ2v) is 6.30. The van der Waals surface area contributed by atoms with Gasteiger partial charge in [-0.1, -0.05) is 15.9 Å². The molecular formula is C15H21BrFN3O. The molecule has 4 nitrogen and oxygen atoms in total. The first kappa shape index (κ1) is 16.4. The van der Waals surface area contributed by atoms with Gasteiger partial charge in [-0.3, -0.25) is 9.69 Å². The SMILES string of the molecule is CC(c1cc(Br)ccc1F)N(C)CC(=O)N1CCNCC1. The number of amides is 1. The van der Waals surface area contributed by atoms with Gasteiger partial charge in [-0.2, -0.15) is 0 Å². The molecule has 1 atom stereocenters. The Labute approximate surface area is 133 Å². The van der Waals surface area contributed by atoms with E-state index in [9.17, 15) is 9.18 Å². The van der Waals surface area contributed by atoms with Crippen LogP contribution in [0.4, 0.5) is 4.39 Å². The zero-order valence-electron chi connectivity index (χ0n) is 12.4. The zero-order valence-corrected chi connectivity index (χ0v) is 14.0. The van der Waals surface area contributed by atoms with E-state index in [1.165, 1.54) is 6.07 Å². The summed E-state index contributed by atoms with van der Waals surface area (Å²) >= 11 is 3.36. The van der Waals surface area contributed by atoms with Gasteiger partial charge in [-0.25, -0.2) is 4.39 Å². The fourth-order valence-electron chi connectivity index (χ4n) is 2.44. The minimum Gasteiger partial charge on any atom is -0.339 e. The molecule has 1 fully saturated rings. The highest BCUT2D eigenvalue weighted by atomic mass is 79.9. The molecule has 1 aromatic rings. The third-order valence-corrected chi connectivity index (χ3v) is 4.42. The fourth-order valence-corrected chi connectivity index (χ4v) is 2.82. The van der Waals surface area contributed by atoms with Gasteiger partial charge in [-0.15, -0.1) is 0 Å². The average Bonchev–Trinajstić information content (AvgIpc) is 2.49. The van der Waals surface area contributed by atoms with Crippen LogP contribution >= 0.6 is 15.9 Å². The molecule has 0 saturated carbocycles. The van der Waals surface area contributed by atoms with Crippen LogP contribution in [-0.2, 0) is 4.79 Å². The molecule has 0 radical (unpaired) electrons. The van der Waals surface area contributed by atoms with E-state index in [0.717, 1.165) is 30.7 Å². The quantitative estimate of drug-likeness (QED) is 0.895. The highest BCUT2D eigenvalue weighted by molar-refractivity contribution is 9.10. The maximum absolute atomic E-state index is 13.9. The normalized spacial score (nSPS) is 17.1. The van der Waals surface area contributed by atoms with E-state index in [1.54, 1.807) is 12.1 Å². The first-order valence-corrected chi connectivity index (χ1v) is 7.92. The van der Waals surface area contributed by atoms with Crippen molar-refractivity contribution in [1.29, 1.82) is 0 Å². The molecule has 1 aliphatic heterocycles. The Morgan fingerprint density at radius 3 is 2.81 bits per heavy atom.